The summed E-state index contributed by atoms with van der Waals surface area (Å²) < 4.78 is 1.97. The topological polar surface area (TPSA) is 60.1 Å². The molecule has 0 spiro atoms. The molecule has 0 aliphatic carbocycles. The van der Waals surface area contributed by atoms with Gasteiger partial charge in [0.2, 0.25) is 0 Å². The Hall–Kier alpha value is -2.31. The molecule has 132 valence electrons. The molecule has 0 amide bonds. The molecule has 4 rings (SSSR count). The molecule has 0 radical (unpaired) electrons. The predicted octanol–water partition coefficient (Wildman–Crippen LogP) is 4.39. The van der Waals surface area contributed by atoms with Crippen LogP contribution in [0.3, 0.4) is 0 Å². The SMILES string of the molecule is CC(=O)C1N=C(c2ccc(Cl)cc2)c2c(sc(C)c2C)-n2c(C)nnc21. The van der Waals surface area contributed by atoms with Crippen molar-refractivity contribution < 1.29 is 4.79 Å². The van der Waals surface area contributed by atoms with Crippen molar-refractivity contribution in [3.05, 3.63) is 62.5 Å². The van der Waals surface area contributed by atoms with Crippen molar-refractivity contribution in [1.29, 1.82) is 0 Å². The van der Waals surface area contributed by atoms with E-state index in [1.165, 1.54) is 4.88 Å². The summed E-state index contributed by atoms with van der Waals surface area (Å²) in [4.78, 5) is 18.4. The van der Waals surface area contributed by atoms with Gasteiger partial charge in [0.15, 0.2) is 17.6 Å². The van der Waals surface area contributed by atoms with Crippen LogP contribution in [0.1, 0.15) is 46.2 Å². The number of Topliss-reactive ketones (excluding diaryl/α,β-unsaturated/α-hetero) is 1. The zero-order valence-electron chi connectivity index (χ0n) is 14.9. The Bertz CT molecular complexity index is 1060. The lowest BCUT2D eigenvalue weighted by Crippen LogP contribution is -2.13. The fourth-order valence-corrected chi connectivity index (χ4v) is 4.54. The number of carbonyl (C=O) groups excluding carboxylic acids is 1. The van der Waals surface area contributed by atoms with Gasteiger partial charge in [-0.25, -0.2) is 0 Å². The maximum atomic E-state index is 12.4. The van der Waals surface area contributed by atoms with Crippen LogP contribution in [0.2, 0.25) is 5.02 Å². The predicted molar refractivity (Wildman–Crippen MR) is 104 cm³/mol. The Balaban J connectivity index is 2.08. The first kappa shape index (κ1) is 17.1. The minimum atomic E-state index is -0.679. The van der Waals surface area contributed by atoms with Gasteiger partial charge in [-0.2, -0.15) is 0 Å². The van der Waals surface area contributed by atoms with Gasteiger partial charge in [-0.05, 0) is 45.4 Å². The number of rotatable bonds is 2. The summed E-state index contributed by atoms with van der Waals surface area (Å²) in [6, 6.07) is 6.88. The number of benzene rings is 1. The van der Waals surface area contributed by atoms with E-state index >= 15 is 0 Å². The second kappa shape index (κ2) is 6.14. The van der Waals surface area contributed by atoms with Gasteiger partial charge >= 0.3 is 0 Å². The van der Waals surface area contributed by atoms with Crippen molar-refractivity contribution in [2.24, 2.45) is 4.99 Å². The van der Waals surface area contributed by atoms with Gasteiger partial charge < -0.3 is 0 Å². The van der Waals surface area contributed by atoms with Gasteiger partial charge in [-0.1, -0.05) is 23.7 Å². The lowest BCUT2D eigenvalue weighted by molar-refractivity contribution is -0.118. The second-order valence-electron chi connectivity index (χ2n) is 6.40. The Morgan fingerprint density at radius 1 is 1.15 bits per heavy atom. The number of halogens is 1. The third-order valence-electron chi connectivity index (χ3n) is 4.66. The summed E-state index contributed by atoms with van der Waals surface area (Å²) in [7, 11) is 0. The molecule has 1 aliphatic rings. The molecule has 1 aromatic carbocycles. The number of aromatic nitrogens is 3. The zero-order valence-corrected chi connectivity index (χ0v) is 16.4. The van der Waals surface area contributed by atoms with Crippen molar-refractivity contribution in [2.75, 3.05) is 0 Å². The first-order chi connectivity index (χ1) is 12.4. The molecule has 2 aromatic heterocycles. The molecule has 3 aromatic rings. The average Bonchev–Trinajstić information content (AvgIpc) is 3.05. The van der Waals surface area contributed by atoms with E-state index in [0.717, 1.165) is 33.2 Å². The van der Waals surface area contributed by atoms with Gasteiger partial charge in [-0.3, -0.25) is 14.4 Å². The quantitative estimate of drug-likeness (QED) is 0.658. The summed E-state index contributed by atoms with van der Waals surface area (Å²) in [5, 5.41) is 10.1. The summed E-state index contributed by atoms with van der Waals surface area (Å²) in [6.07, 6.45) is 0. The van der Waals surface area contributed by atoms with E-state index in [-0.39, 0.29) is 5.78 Å². The Kier molecular flexibility index (Phi) is 4.04. The molecule has 1 atom stereocenters. The van der Waals surface area contributed by atoms with Crippen molar-refractivity contribution in [3.63, 3.8) is 0 Å². The van der Waals surface area contributed by atoms with E-state index in [0.29, 0.717) is 10.8 Å². The van der Waals surface area contributed by atoms with Crippen LogP contribution in [-0.4, -0.2) is 26.3 Å². The number of hydrogen-bond acceptors (Lipinski definition) is 5. The molecule has 3 heterocycles. The van der Waals surface area contributed by atoms with Gasteiger partial charge in [0.25, 0.3) is 0 Å². The van der Waals surface area contributed by atoms with E-state index in [1.807, 2.05) is 35.8 Å². The third kappa shape index (κ3) is 2.52. The molecule has 0 bridgehead atoms. The zero-order chi connectivity index (χ0) is 18.6. The number of aryl methyl sites for hydroxylation is 2. The van der Waals surface area contributed by atoms with Crippen molar-refractivity contribution in [2.45, 2.75) is 33.7 Å². The molecule has 0 saturated heterocycles. The summed E-state index contributed by atoms with van der Waals surface area (Å²) >= 11 is 7.73. The molecule has 1 aliphatic heterocycles. The van der Waals surface area contributed by atoms with Gasteiger partial charge in [-0.15, -0.1) is 21.5 Å². The highest BCUT2D eigenvalue weighted by Gasteiger charge is 2.33. The van der Waals surface area contributed by atoms with E-state index < -0.39 is 6.04 Å². The lowest BCUT2D eigenvalue weighted by Gasteiger charge is -2.10. The number of aliphatic imine (C=N–C) groups is 1. The number of ketones is 1. The van der Waals surface area contributed by atoms with Crippen LogP contribution in [0.5, 0.6) is 0 Å². The molecule has 0 fully saturated rings. The van der Waals surface area contributed by atoms with Gasteiger partial charge in [0.05, 0.1) is 5.71 Å². The molecule has 7 heteroatoms. The summed E-state index contributed by atoms with van der Waals surface area (Å²) in [5.41, 5.74) is 3.91. The van der Waals surface area contributed by atoms with E-state index in [1.54, 1.807) is 18.3 Å². The number of nitrogens with zero attached hydrogens (tertiary/aromatic N) is 4. The fraction of sp³-hybridized carbons (Fsp3) is 0.263. The molecule has 0 N–H and O–H groups in total. The smallest absolute Gasteiger partial charge is 0.170 e. The Labute approximate surface area is 160 Å². The minimum absolute atomic E-state index is 0.0605. The first-order valence-corrected chi connectivity index (χ1v) is 9.44. The Morgan fingerprint density at radius 3 is 2.50 bits per heavy atom. The van der Waals surface area contributed by atoms with Crippen LogP contribution >= 0.6 is 22.9 Å². The van der Waals surface area contributed by atoms with Crippen molar-refractivity contribution in [3.8, 4) is 5.00 Å². The highest BCUT2D eigenvalue weighted by molar-refractivity contribution is 7.15. The lowest BCUT2D eigenvalue weighted by atomic mass is 9.99. The number of carbonyl (C=O) groups is 1. The van der Waals surface area contributed by atoms with Gasteiger partial charge in [0, 0.05) is 21.0 Å². The van der Waals surface area contributed by atoms with Crippen molar-refractivity contribution in [1.82, 2.24) is 14.8 Å². The second-order valence-corrected chi connectivity index (χ2v) is 8.04. The van der Waals surface area contributed by atoms with E-state index in [4.69, 9.17) is 16.6 Å². The van der Waals surface area contributed by atoms with Crippen LogP contribution in [0.15, 0.2) is 29.3 Å². The van der Waals surface area contributed by atoms with Crippen LogP contribution < -0.4 is 0 Å². The van der Waals surface area contributed by atoms with Crippen molar-refractivity contribution >= 4 is 34.4 Å². The van der Waals surface area contributed by atoms with Crippen LogP contribution in [0.4, 0.5) is 0 Å². The van der Waals surface area contributed by atoms with Gasteiger partial charge in [0.1, 0.15) is 10.8 Å². The highest BCUT2D eigenvalue weighted by Crippen LogP contribution is 2.38. The van der Waals surface area contributed by atoms with Crippen LogP contribution in [0.25, 0.3) is 5.00 Å². The molecule has 1 unspecified atom stereocenters. The first-order valence-electron chi connectivity index (χ1n) is 8.25. The molecule has 5 nitrogen and oxygen atoms in total. The molecule has 26 heavy (non-hydrogen) atoms. The summed E-state index contributed by atoms with van der Waals surface area (Å²) in [6.45, 7) is 7.62. The largest absolute Gasteiger partial charge is 0.297 e. The normalized spacial score (nSPS) is 15.9. The number of thiophene rings is 1. The van der Waals surface area contributed by atoms with Crippen LogP contribution in [0, 0.1) is 20.8 Å². The maximum absolute atomic E-state index is 12.4. The third-order valence-corrected chi connectivity index (χ3v) is 6.11. The monoisotopic (exact) mass is 384 g/mol. The average molecular weight is 385 g/mol. The van der Waals surface area contributed by atoms with E-state index in [9.17, 15) is 4.79 Å². The molecular formula is C19H17ClN4OS. The Morgan fingerprint density at radius 2 is 1.85 bits per heavy atom. The highest BCUT2D eigenvalue weighted by atomic mass is 35.5. The standard InChI is InChI=1S/C19H17ClN4OS/c1-9-11(3)26-19-15(9)17(13-5-7-14(20)8-6-13)21-16(10(2)25)18-23-22-12(4)24(18)19/h5-8,16H,1-4H3. The van der Waals surface area contributed by atoms with E-state index in [2.05, 4.69) is 24.0 Å². The summed E-state index contributed by atoms with van der Waals surface area (Å²) in [5.74, 6) is 1.26. The number of hydrogen-bond donors (Lipinski definition) is 0. The minimum Gasteiger partial charge on any atom is -0.297 e. The maximum Gasteiger partial charge on any atom is 0.170 e. The molecule has 0 saturated carbocycles. The molecular weight excluding hydrogens is 368 g/mol. The van der Waals surface area contributed by atoms with Crippen LogP contribution in [-0.2, 0) is 4.79 Å². The number of fused-ring (bicyclic) bond motifs is 3. The fourth-order valence-electron chi connectivity index (χ4n) is 3.20.